The molecule has 0 aliphatic heterocycles. The van der Waals surface area contributed by atoms with Crippen molar-refractivity contribution in [1.29, 1.82) is 0 Å². The van der Waals surface area contributed by atoms with E-state index >= 15 is 0 Å². The van der Waals surface area contributed by atoms with Crippen LogP contribution in [0.1, 0.15) is 12.0 Å². The molecule has 0 atom stereocenters. The first-order chi connectivity index (χ1) is 14.7. The SMILES string of the molecule is C=CCOc1c(Br)cc(CNCCCSc2nnnn2-c2ccccc2)cc1OC. The zero-order valence-electron chi connectivity index (χ0n) is 16.8. The van der Waals surface area contributed by atoms with E-state index in [1.54, 1.807) is 29.6 Å². The second kappa shape index (κ2) is 11.7. The van der Waals surface area contributed by atoms with E-state index in [0.29, 0.717) is 18.1 Å². The van der Waals surface area contributed by atoms with Crippen LogP contribution >= 0.6 is 27.7 Å². The highest BCUT2D eigenvalue weighted by atomic mass is 79.9. The number of nitrogens with one attached hydrogen (secondary N) is 1. The van der Waals surface area contributed by atoms with Crippen LogP contribution in [0.5, 0.6) is 11.5 Å². The minimum Gasteiger partial charge on any atom is -0.493 e. The van der Waals surface area contributed by atoms with E-state index < -0.39 is 0 Å². The first kappa shape index (κ1) is 22.3. The van der Waals surface area contributed by atoms with Gasteiger partial charge in [-0.15, -0.1) is 5.10 Å². The fourth-order valence-electron chi connectivity index (χ4n) is 2.75. The molecule has 7 nitrogen and oxygen atoms in total. The van der Waals surface area contributed by atoms with Crippen LogP contribution in [-0.4, -0.2) is 46.2 Å². The van der Waals surface area contributed by atoms with Gasteiger partial charge in [0.2, 0.25) is 5.16 Å². The normalized spacial score (nSPS) is 10.7. The first-order valence-corrected chi connectivity index (χ1v) is 11.3. The summed E-state index contributed by atoms with van der Waals surface area (Å²) in [7, 11) is 1.64. The van der Waals surface area contributed by atoms with Gasteiger partial charge in [0.05, 0.1) is 17.3 Å². The van der Waals surface area contributed by atoms with Gasteiger partial charge in [0.1, 0.15) is 6.61 Å². The zero-order chi connectivity index (χ0) is 21.2. The van der Waals surface area contributed by atoms with Crippen LogP contribution < -0.4 is 14.8 Å². The molecule has 0 fully saturated rings. The second-order valence-electron chi connectivity index (χ2n) is 6.30. The Bertz CT molecular complexity index is 952. The van der Waals surface area contributed by atoms with Gasteiger partial charge in [-0.05, 0) is 69.2 Å². The Morgan fingerprint density at radius 3 is 2.87 bits per heavy atom. The van der Waals surface area contributed by atoms with E-state index in [4.69, 9.17) is 9.47 Å². The molecule has 3 rings (SSSR count). The van der Waals surface area contributed by atoms with Crippen LogP contribution in [0.4, 0.5) is 0 Å². The molecule has 158 valence electrons. The van der Waals surface area contributed by atoms with E-state index in [2.05, 4.69) is 43.4 Å². The summed E-state index contributed by atoms with van der Waals surface area (Å²) in [4.78, 5) is 0. The average Bonchev–Trinajstić information content (AvgIpc) is 3.24. The van der Waals surface area contributed by atoms with Crippen molar-refractivity contribution >= 4 is 27.7 Å². The minimum absolute atomic E-state index is 0.428. The highest BCUT2D eigenvalue weighted by Crippen LogP contribution is 2.36. The number of methoxy groups -OCH3 is 1. The van der Waals surface area contributed by atoms with Crippen molar-refractivity contribution in [2.24, 2.45) is 0 Å². The number of nitrogens with zero attached hydrogens (tertiary/aromatic N) is 4. The van der Waals surface area contributed by atoms with Gasteiger partial charge in [-0.1, -0.05) is 42.6 Å². The fourth-order valence-corrected chi connectivity index (χ4v) is 4.18. The number of ether oxygens (including phenoxy) is 2. The Balaban J connectivity index is 1.45. The molecule has 0 amide bonds. The van der Waals surface area contributed by atoms with Crippen LogP contribution in [0.25, 0.3) is 5.69 Å². The maximum absolute atomic E-state index is 5.67. The lowest BCUT2D eigenvalue weighted by atomic mass is 10.2. The molecule has 1 aromatic heterocycles. The highest BCUT2D eigenvalue weighted by Gasteiger charge is 2.11. The quantitative estimate of drug-likeness (QED) is 0.231. The number of aromatic nitrogens is 4. The molecule has 0 radical (unpaired) electrons. The molecule has 2 aromatic carbocycles. The van der Waals surface area contributed by atoms with Gasteiger partial charge in [-0.2, -0.15) is 4.68 Å². The van der Waals surface area contributed by atoms with Gasteiger partial charge in [0, 0.05) is 12.3 Å². The van der Waals surface area contributed by atoms with Gasteiger partial charge in [0.25, 0.3) is 0 Å². The van der Waals surface area contributed by atoms with E-state index in [0.717, 1.165) is 46.1 Å². The topological polar surface area (TPSA) is 74.1 Å². The molecule has 30 heavy (non-hydrogen) atoms. The van der Waals surface area contributed by atoms with Crippen molar-refractivity contribution < 1.29 is 9.47 Å². The number of hydrogen-bond donors (Lipinski definition) is 1. The smallest absolute Gasteiger partial charge is 0.214 e. The van der Waals surface area contributed by atoms with Crippen molar-refractivity contribution in [2.45, 2.75) is 18.1 Å². The maximum atomic E-state index is 5.67. The zero-order valence-corrected chi connectivity index (χ0v) is 19.2. The minimum atomic E-state index is 0.428. The summed E-state index contributed by atoms with van der Waals surface area (Å²) in [5.41, 5.74) is 2.08. The molecule has 0 spiro atoms. The Morgan fingerprint density at radius 2 is 2.10 bits per heavy atom. The van der Waals surface area contributed by atoms with Crippen LogP contribution in [0.15, 0.2) is 64.7 Å². The maximum Gasteiger partial charge on any atom is 0.214 e. The third kappa shape index (κ3) is 6.07. The Labute approximate surface area is 189 Å². The molecule has 0 saturated carbocycles. The molecule has 1 heterocycles. The molecule has 0 aliphatic carbocycles. The largest absolute Gasteiger partial charge is 0.493 e. The summed E-state index contributed by atoms with van der Waals surface area (Å²) < 4.78 is 13.7. The predicted octanol–water partition coefficient (Wildman–Crippen LogP) is 4.27. The molecule has 1 N–H and O–H groups in total. The molecular weight excluding hydrogens is 466 g/mol. The van der Waals surface area contributed by atoms with Crippen molar-refractivity contribution in [1.82, 2.24) is 25.5 Å². The van der Waals surface area contributed by atoms with Crippen LogP contribution in [0, 0.1) is 0 Å². The van der Waals surface area contributed by atoms with Crippen LogP contribution in [0.3, 0.4) is 0 Å². The Morgan fingerprint density at radius 1 is 1.27 bits per heavy atom. The Kier molecular flexibility index (Phi) is 8.73. The number of thioether (sulfide) groups is 1. The monoisotopic (exact) mass is 489 g/mol. The lowest BCUT2D eigenvalue weighted by molar-refractivity contribution is 0.324. The summed E-state index contributed by atoms with van der Waals surface area (Å²) in [6.45, 7) is 5.73. The van der Waals surface area contributed by atoms with Crippen molar-refractivity contribution in [2.75, 3.05) is 26.0 Å². The molecule has 9 heteroatoms. The lowest BCUT2D eigenvalue weighted by Gasteiger charge is -2.14. The number of para-hydroxylation sites is 1. The van der Waals surface area contributed by atoms with Gasteiger partial charge in [0.15, 0.2) is 11.5 Å². The van der Waals surface area contributed by atoms with E-state index in [-0.39, 0.29) is 0 Å². The van der Waals surface area contributed by atoms with Gasteiger partial charge in [-0.3, -0.25) is 0 Å². The van der Waals surface area contributed by atoms with Crippen LogP contribution in [0.2, 0.25) is 0 Å². The number of rotatable bonds is 12. The second-order valence-corrected chi connectivity index (χ2v) is 8.21. The van der Waals surface area contributed by atoms with E-state index in [1.807, 2.05) is 42.5 Å². The third-order valence-corrected chi connectivity index (χ3v) is 5.73. The van der Waals surface area contributed by atoms with Gasteiger partial charge >= 0.3 is 0 Å². The van der Waals surface area contributed by atoms with Crippen LogP contribution in [-0.2, 0) is 6.54 Å². The first-order valence-electron chi connectivity index (χ1n) is 9.50. The number of hydrogen-bond acceptors (Lipinski definition) is 7. The molecule has 0 aliphatic rings. The predicted molar refractivity (Wildman–Crippen MR) is 123 cm³/mol. The van der Waals surface area contributed by atoms with E-state index in [9.17, 15) is 0 Å². The number of halogens is 1. The van der Waals surface area contributed by atoms with Gasteiger partial charge in [-0.25, -0.2) is 0 Å². The summed E-state index contributed by atoms with van der Waals surface area (Å²) in [5, 5.41) is 16.3. The molecule has 3 aromatic rings. The lowest BCUT2D eigenvalue weighted by Crippen LogP contribution is -2.15. The molecule has 0 saturated heterocycles. The summed E-state index contributed by atoms with van der Waals surface area (Å²) in [6, 6.07) is 13.9. The standard InChI is InChI=1S/C21H24BrN5O2S/c1-3-11-29-20-18(22)13-16(14-19(20)28-2)15-23-10-7-12-30-21-24-25-26-27(21)17-8-5-4-6-9-17/h3-6,8-9,13-14,23H,1,7,10-12,15H2,2H3. The molecule has 0 unspecified atom stereocenters. The summed E-state index contributed by atoms with van der Waals surface area (Å²) in [6.07, 6.45) is 2.70. The molecular formula is C21H24BrN5O2S. The fraction of sp³-hybridized carbons (Fsp3) is 0.286. The molecule has 0 bridgehead atoms. The third-order valence-electron chi connectivity index (χ3n) is 4.13. The van der Waals surface area contributed by atoms with E-state index in [1.165, 1.54) is 0 Å². The van der Waals surface area contributed by atoms with Crippen molar-refractivity contribution in [3.63, 3.8) is 0 Å². The Hall–Kier alpha value is -2.36. The van der Waals surface area contributed by atoms with Crippen molar-refractivity contribution in [3.05, 3.63) is 65.2 Å². The highest BCUT2D eigenvalue weighted by molar-refractivity contribution is 9.10. The average molecular weight is 490 g/mol. The van der Waals surface area contributed by atoms with Gasteiger partial charge < -0.3 is 14.8 Å². The summed E-state index contributed by atoms with van der Waals surface area (Å²) in [5.74, 6) is 2.31. The summed E-state index contributed by atoms with van der Waals surface area (Å²) >= 11 is 5.21. The van der Waals surface area contributed by atoms with Crippen molar-refractivity contribution in [3.8, 4) is 17.2 Å². The number of tetrazole rings is 1. The number of benzene rings is 2.